The van der Waals surface area contributed by atoms with Gasteiger partial charge in [-0.05, 0) is 6.07 Å². The van der Waals surface area contributed by atoms with Gasteiger partial charge in [0.1, 0.15) is 6.54 Å². The van der Waals surface area contributed by atoms with E-state index in [1.807, 2.05) is 0 Å². The Morgan fingerprint density at radius 1 is 1.20 bits per heavy atom. The van der Waals surface area contributed by atoms with Crippen LogP contribution in [0.1, 0.15) is 0 Å². The number of aromatic nitrogens is 2. The van der Waals surface area contributed by atoms with Crippen molar-refractivity contribution in [1.82, 2.24) is 15.1 Å². The number of nitrogens with zero attached hydrogens (tertiary/aromatic N) is 3. The van der Waals surface area contributed by atoms with Gasteiger partial charge in [-0.1, -0.05) is 30.3 Å². The van der Waals surface area contributed by atoms with E-state index >= 15 is 0 Å². The van der Waals surface area contributed by atoms with Crippen molar-refractivity contribution >= 4 is 22.4 Å². The van der Waals surface area contributed by atoms with Crippen molar-refractivity contribution in [2.75, 3.05) is 7.05 Å². The summed E-state index contributed by atoms with van der Waals surface area (Å²) in [5.74, 6) is -0.366. The van der Waals surface area contributed by atoms with E-state index in [0.717, 1.165) is 4.68 Å². The summed E-state index contributed by atoms with van der Waals surface area (Å²) in [6.07, 6.45) is 0. The van der Waals surface area contributed by atoms with Crippen LogP contribution in [-0.4, -0.2) is 27.7 Å². The standard InChI is InChI=1S/C17H14N4O4/c1-18-15(22)10-20-17(23)14-8-3-2-7-13(14)16(19-20)11-5-4-6-12(9-11)21(24)25/h2-9H,10H2,1H3,(H,18,22). The van der Waals surface area contributed by atoms with Crippen LogP contribution in [-0.2, 0) is 11.3 Å². The highest BCUT2D eigenvalue weighted by Gasteiger charge is 2.15. The molecule has 2 aromatic carbocycles. The first-order chi connectivity index (χ1) is 12.0. The van der Waals surface area contributed by atoms with Gasteiger partial charge in [0.25, 0.3) is 11.2 Å². The van der Waals surface area contributed by atoms with Gasteiger partial charge in [0.2, 0.25) is 5.91 Å². The van der Waals surface area contributed by atoms with E-state index in [-0.39, 0.29) is 18.1 Å². The van der Waals surface area contributed by atoms with Crippen LogP contribution in [0, 0.1) is 10.1 Å². The number of carbonyl (C=O) groups excluding carboxylic acids is 1. The van der Waals surface area contributed by atoms with Crippen LogP contribution in [0.25, 0.3) is 22.0 Å². The predicted molar refractivity (Wildman–Crippen MR) is 92.2 cm³/mol. The lowest BCUT2D eigenvalue weighted by Gasteiger charge is -2.10. The second-order valence-corrected chi connectivity index (χ2v) is 5.34. The van der Waals surface area contributed by atoms with Gasteiger partial charge in [0.05, 0.1) is 16.0 Å². The summed E-state index contributed by atoms with van der Waals surface area (Å²) in [5, 5.41) is 18.7. The first-order valence-electron chi connectivity index (χ1n) is 7.46. The zero-order valence-electron chi connectivity index (χ0n) is 13.3. The lowest BCUT2D eigenvalue weighted by molar-refractivity contribution is -0.384. The van der Waals surface area contributed by atoms with Crippen molar-refractivity contribution in [3.63, 3.8) is 0 Å². The minimum absolute atomic E-state index is 0.0765. The molecule has 1 aromatic heterocycles. The summed E-state index contributed by atoms with van der Waals surface area (Å²) in [6.45, 7) is -0.234. The minimum atomic E-state index is -0.494. The molecule has 0 spiro atoms. The number of nitrogens with one attached hydrogen (secondary N) is 1. The molecule has 8 heteroatoms. The Hall–Kier alpha value is -3.55. The highest BCUT2D eigenvalue weighted by Crippen LogP contribution is 2.27. The number of rotatable bonds is 4. The number of nitro groups is 1. The molecule has 25 heavy (non-hydrogen) atoms. The van der Waals surface area contributed by atoms with Gasteiger partial charge in [-0.2, -0.15) is 5.10 Å². The maximum atomic E-state index is 12.6. The zero-order valence-corrected chi connectivity index (χ0v) is 13.3. The van der Waals surface area contributed by atoms with E-state index in [2.05, 4.69) is 10.4 Å². The predicted octanol–water partition coefficient (Wildman–Crippen LogP) is 1.72. The van der Waals surface area contributed by atoms with Crippen LogP contribution in [0.15, 0.2) is 53.3 Å². The van der Waals surface area contributed by atoms with E-state index in [0.29, 0.717) is 22.0 Å². The summed E-state index contributed by atoms with van der Waals surface area (Å²) >= 11 is 0. The van der Waals surface area contributed by atoms with Crippen molar-refractivity contribution < 1.29 is 9.72 Å². The zero-order chi connectivity index (χ0) is 18.0. The molecule has 0 aliphatic heterocycles. The van der Waals surface area contributed by atoms with Crippen molar-refractivity contribution in [3.05, 3.63) is 69.0 Å². The van der Waals surface area contributed by atoms with Gasteiger partial charge in [0, 0.05) is 30.1 Å². The van der Waals surface area contributed by atoms with E-state index in [4.69, 9.17) is 0 Å². The molecule has 0 fully saturated rings. The van der Waals surface area contributed by atoms with Gasteiger partial charge in [0.15, 0.2) is 0 Å². The van der Waals surface area contributed by atoms with E-state index < -0.39 is 10.5 Å². The lowest BCUT2D eigenvalue weighted by Crippen LogP contribution is -2.32. The molecule has 1 amide bonds. The third kappa shape index (κ3) is 3.09. The molecule has 0 atom stereocenters. The van der Waals surface area contributed by atoms with Crippen molar-refractivity contribution in [2.45, 2.75) is 6.54 Å². The largest absolute Gasteiger partial charge is 0.358 e. The number of non-ortho nitro benzene ring substituents is 1. The molecule has 0 unspecified atom stereocenters. The van der Waals surface area contributed by atoms with Crippen LogP contribution >= 0.6 is 0 Å². The van der Waals surface area contributed by atoms with Crippen LogP contribution in [0.3, 0.4) is 0 Å². The Bertz CT molecular complexity index is 1040. The molecule has 0 aliphatic rings. The number of amides is 1. The SMILES string of the molecule is CNC(=O)Cn1nc(-c2cccc([N+](=O)[O-])c2)c2ccccc2c1=O. The fourth-order valence-corrected chi connectivity index (χ4v) is 2.54. The number of nitro benzene ring substituents is 1. The molecule has 126 valence electrons. The Kier molecular flexibility index (Phi) is 4.25. The summed E-state index contributed by atoms with van der Waals surface area (Å²) in [7, 11) is 1.47. The van der Waals surface area contributed by atoms with Gasteiger partial charge < -0.3 is 5.32 Å². The fourth-order valence-electron chi connectivity index (χ4n) is 2.54. The van der Waals surface area contributed by atoms with Gasteiger partial charge >= 0.3 is 0 Å². The van der Waals surface area contributed by atoms with Crippen LogP contribution in [0.2, 0.25) is 0 Å². The van der Waals surface area contributed by atoms with Gasteiger partial charge in [-0.15, -0.1) is 0 Å². The molecule has 0 radical (unpaired) electrons. The summed E-state index contributed by atoms with van der Waals surface area (Å²) < 4.78 is 1.06. The number of benzene rings is 2. The molecular formula is C17H14N4O4. The highest BCUT2D eigenvalue weighted by molar-refractivity contribution is 5.94. The van der Waals surface area contributed by atoms with Crippen molar-refractivity contribution in [1.29, 1.82) is 0 Å². The molecular weight excluding hydrogens is 324 g/mol. The Morgan fingerprint density at radius 2 is 1.92 bits per heavy atom. The molecule has 3 rings (SSSR count). The lowest BCUT2D eigenvalue weighted by atomic mass is 10.0. The number of hydrogen-bond donors (Lipinski definition) is 1. The average Bonchev–Trinajstić information content (AvgIpc) is 2.64. The quantitative estimate of drug-likeness (QED) is 0.576. The van der Waals surface area contributed by atoms with Crippen molar-refractivity contribution in [3.8, 4) is 11.3 Å². The summed E-state index contributed by atoms with van der Waals surface area (Å²) in [5.41, 5.74) is 0.430. The third-order valence-corrected chi connectivity index (χ3v) is 3.77. The number of hydrogen-bond acceptors (Lipinski definition) is 5. The van der Waals surface area contributed by atoms with Gasteiger partial charge in [-0.3, -0.25) is 19.7 Å². The third-order valence-electron chi connectivity index (χ3n) is 3.77. The number of fused-ring (bicyclic) bond motifs is 1. The van der Waals surface area contributed by atoms with Gasteiger partial charge in [-0.25, -0.2) is 4.68 Å². The normalized spacial score (nSPS) is 10.6. The molecule has 3 aromatic rings. The first-order valence-corrected chi connectivity index (χ1v) is 7.46. The fraction of sp³-hybridized carbons (Fsp3) is 0.118. The van der Waals surface area contributed by atoms with Crippen LogP contribution in [0.5, 0.6) is 0 Å². The second kappa shape index (κ2) is 6.52. The molecule has 8 nitrogen and oxygen atoms in total. The average molecular weight is 338 g/mol. The maximum absolute atomic E-state index is 12.6. The van der Waals surface area contributed by atoms with E-state index in [1.54, 1.807) is 36.4 Å². The molecule has 0 aliphatic carbocycles. The Labute approximate surface area is 141 Å². The topological polar surface area (TPSA) is 107 Å². The first kappa shape index (κ1) is 16.3. The Morgan fingerprint density at radius 3 is 2.60 bits per heavy atom. The van der Waals surface area contributed by atoms with E-state index in [9.17, 15) is 19.7 Å². The minimum Gasteiger partial charge on any atom is -0.358 e. The second-order valence-electron chi connectivity index (χ2n) is 5.34. The highest BCUT2D eigenvalue weighted by atomic mass is 16.6. The summed E-state index contributed by atoms with van der Waals surface area (Å²) in [4.78, 5) is 34.7. The monoisotopic (exact) mass is 338 g/mol. The van der Waals surface area contributed by atoms with E-state index in [1.165, 1.54) is 19.2 Å². The smallest absolute Gasteiger partial charge is 0.275 e. The van der Waals surface area contributed by atoms with Crippen molar-refractivity contribution in [2.24, 2.45) is 0 Å². The molecule has 1 N–H and O–H groups in total. The number of carbonyl (C=O) groups is 1. The number of likely N-dealkylation sites (N-methyl/N-ethyl adjacent to an activating group) is 1. The molecule has 1 heterocycles. The molecule has 0 saturated carbocycles. The van der Waals surface area contributed by atoms with Crippen LogP contribution < -0.4 is 10.9 Å². The van der Waals surface area contributed by atoms with Crippen LogP contribution in [0.4, 0.5) is 5.69 Å². The summed E-state index contributed by atoms with van der Waals surface area (Å²) in [6, 6.07) is 12.8. The molecule has 0 bridgehead atoms. The molecule has 0 saturated heterocycles. The Balaban J connectivity index is 2.28. The maximum Gasteiger partial charge on any atom is 0.275 e.